The molecule has 0 saturated carbocycles. The summed E-state index contributed by atoms with van der Waals surface area (Å²) >= 11 is 8.46. The van der Waals surface area contributed by atoms with Crippen molar-refractivity contribution >= 4 is 31.2 Å². The molecule has 0 aliphatic heterocycles. The maximum atomic E-state index is 10.3. The molecule has 0 aliphatic carbocycles. The third kappa shape index (κ3) is 2.97. The van der Waals surface area contributed by atoms with Crippen molar-refractivity contribution in [2.45, 2.75) is 22.6 Å². The van der Waals surface area contributed by atoms with Crippen LogP contribution in [-0.4, -0.2) is 11.1 Å². The Kier molecular flexibility index (Phi) is 3.69. The second kappa shape index (κ2) is 4.58. The minimum absolute atomic E-state index is 0.116. The van der Waals surface area contributed by atoms with Crippen LogP contribution in [0.2, 0.25) is 0 Å². The second-order valence-electron chi connectivity index (χ2n) is 2.67. The third-order valence-corrected chi connectivity index (χ3v) is 2.55. The molecule has 0 aromatic heterocycles. The van der Waals surface area contributed by atoms with Gasteiger partial charge in [-0.1, -0.05) is 6.07 Å². The fourth-order valence-electron chi connectivity index (χ4n) is 1.05. The van der Waals surface area contributed by atoms with Gasteiger partial charge < -0.3 is 5.11 Å². The third-order valence-electron chi connectivity index (χ3n) is 1.72. The number of carboxylic acids is 1. The highest BCUT2D eigenvalue weighted by molar-refractivity contribution is 7.81. The fourth-order valence-corrected chi connectivity index (χ4v) is 1.78. The summed E-state index contributed by atoms with van der Waals surface area (Å²) in [7, 11) is 0. The summed E-state index contributed by atoms with van der Waals surface area (Å²) in [6.45, 7) is 0. The van der Waals surface area contributed by atoms with Crippen LogP contribution in [0.1, 0.15) is 12.0 Å². The Bertz CT molecular complexity index is 303. The highest BCUT2D eigenvalue weighted by Gasteiger charge is 2.05. The van der Waals surface area contributed by atoms with Crippen LogP contribution >= 0.6 is 25.3 Å². The second-order valence-corrected chi connectivity index (χ2v) is 3.63. The molecule has 0 saturated heterocycles. The lowest BCUT2D eigenvalue weighted by Gasteiger charge is -2.05. The average Bonchev–Trinajstić information content (AvgIpc) is 2.03. The van der Waals surface area contributed by atoms with Gasteiger partial charge in [0, 0.05) is 16.2 Å². The van der Waals surface area contributed by atoms with E-state index in [9.17, 15) is 4.79 Å². The molecule has 0 bridgehead atoms. The number of rotatable bonds is 3. The van der Waals surface area contributed by atoms with Crippen LogP contribution in [-0.2, 0) is 11.2 Å². The monoisotopic (exact) mass is 214 g/mol. The van der Waals surface area contributed by atoms with Crippen LogP contribution in [0.3, 0.4) is 0 Å². The fraction of sp³-hybridized carbons (Fsp3) is 0.222. The SMILES string of the molecule is O=C(O)CCc1c(S)cccc1S. The molecule has 0 fully saturated rings. The number of hydrogen-bond acceptors (Lipinski definition) is 3. The van der Waals surface area contributed by atoms with E-state index in [1.807, 2.05) is 18.2 Å². The van der Waals surface area contributed by atoms with Gasteiger partial charge in [0.2, 0.25) is 0 Å². The van der Waals surface area contributed by atoms with E-state index in [4.69, 9.17) is 5.11 Å². The lowest BCUT2D eigenvalue weighted by atomic mass is 10.1. The molecule has 1 aromatic carbocycles. The maximum absolute atomic E-state index is 10.3. The molecule has 0 amide bonds. The Morgan fingerprint density at radius 2 is 1.85 bits per heavy atom. The average molecular weight is 214 g/mol. The minimum Gasteiger partial charge on any atom is -0.481 e. The molecule has 0 radical (unpaired) electrons. The van der Waals surface area contributed by atoms with Crippen LogP contribution in [0, 0.1) is 0 Å². The molecular formula is C9H10O2S2. The van der Waals surface area contributed by atoms with Crippen molar-refractivity contribution in [2.24, 2.45) is 0 Å². The first-order chi connectivity index (χ1) is 6.11. The summed E-state index contributed by atoms with van der Waals surface area (Å²) in [5.74, 6) is -0.802. The van der Waals surface area contributed by atoms with E-state index in [0.29, 0.717) is 6.42 Å². The Morgan fingerprint density at radius 1 is 1.31 bits per heavy atom. The lowest BCUT2D eigenvalue weighted by molar-refractivity contribution is -0.136. The van der Waals surface area contributed by atoms with Crippen molar-refractivity contribution < 1.29 is 9.90 Å². The van der Waals surface area contributed by atoms with E-state index in [1.165, 1.54) is 0 Å². The van der Waals surface area contributed by atoms with Crippen LogP contribution < -0.4 is 0 Å². The van der Waals surface area contributed by atoms with Crippen molar-refractivity contribution in [3.05, 3.63) is 23.8 Å². The Balaban J connectivity index is 2.81. The van der Waals surface area contributed by atoms with E-state index in [1.54, 1.807) is 0 Å². The normalized spacial score (nSPS) is 10.0. The molecule has 1 aromatic rings. The smallest absolute Gasteiger partial charge is 0.303 e. The number of hydrogen-bond donors (Lipinski definition) is 3. The van der Waals surface area contributed by atoms with Crippen molar-refractivity contribution in [3.63, 3.8) is 0 Å². The lowest BCUT2D eigenvalue weighted by Crippen LogP contribution is -1.98. The van der Waals surface area contributed by atoms with Crippen molar-refractivity contribution in [3.8, 4) is 0 Å². The molecule has 2 nitrogen and oxygen atoms in total. The molecule has 0 unspecified atom stereocenters. The molecule has 70 valence electrons. The van der Waals surface area contributed by atoms with Crippen LogP contribution in [0.25, 0.3) is 0 Å². The summed E-state index contributed by atoms with van der Waals surface area (Å²) in [5.41, 5.74) is 0.900. The van der Waals surface area contributed by atoms with Gasteiger partial charge in [0.05, 0.1) is 0 Å². The zero-order valence-corrected chi connectivity index (χ0v) is 8.69. The number of aliphatic carboxylic acids is 1. The Labute approximate surface area is 87.8 Å². The molecule has 0 heterocycles. The standard InChI is InChI=1S/C9H10O2S2/c10-9(11)5-4-6-7(12)2-1-3-8(6)13/h1-3,12-13H,4-5H2,(H,10,11). The highest BCUT2D eigenvalue weighted by atomic mass is 32.1. The maximum Gasteiger partial charge on any atom is 0.303 e. The van der Waals surface area contributed by atoms with Gasteiger partial charge in [0.25, 0.3) is 0 Å². The van der Waals surface area contributed by atoms with E-state index in [-0.39, 0.29) is 6.42 Å². The predicted molar refractivity (Wildman–Crippen MR) is 56.9 cm³/mol. The van der Waals surface area contributed by atoms with Crippen LogP contribution in [0.5, 0.6) is 0 Å². The largest absolute Gasteiger partial charge is 0.481 e. The molecule has 1 rings (SSSR count). The van der Waals surface area contributed by atoms with E-state index < -0.39 is 5.97 Å². The van der Waals surface area contributed by atoms with Gasteiger partial charge in [-0.15, -0.1) is 25.3 Å². The first-order valence-electron chi connectivity index (χ1n) is 3.83. The number of thiol groups is 2. The number of carbonyl (C=O) groups is 1. The summed E-state index contributed by atoms with van der Waals surface area (Å²) in [5, 5.41) is 8.51. The highest BCUT2D eigenvalue weighted by Crippen LogP contribution is 2.22. The van der Waals surface area contributed by atoms with E-state index in [2.05, 4.69) is 25.3 Å². The molecule has 0 atom stereocenters. The number of carboxylic acid groups (broad SMARTS) is 1. The minimum atomic E-state index is -0.802. The molecular weight excluding hydrogens is 204 g/mol. The van der Waals surface area contributed by atoms with Gasteiger partial charge in [-0.3, -0.25) is 4.79 Å². The Hall–Kier alpha value is -0.610. The summed E-state index contributed by atoms with van der Waals surface area (Å²) in [6, 6.07) is 5.51. The van der Waals surface area contributed by atoms with Crippen molar-refractivity contribution in [1.29, 1.82) is 0 Å². The topological polar surface area (TPSA) is 37.3 Å². The zero-order valence-electron chi connectivity index (χ0n) is 6.90. The summed E-state index contributed by atoms with van der Waals surface area (Å²) in [6.07, 6.45) is 0.596. The van der Waals surface area contributed by atoms with Crippen molar-refractivity contribution in [2.75, 3.05) is 0 Å². The van der Waals surface area contributed by atoms with Gasteiger partial charge >= 0.3 is 5.97 Å². The zero-order chi connectivity index (χ0) is 9.84. The molecule has 0 aliphatic rings. The first-order valence-corrected chi connectivity index (χ1v) is 4.72. The molecule has 0 spiro atoms. The van der Waals surface area contributed by atoms with Gasteiger partial charge in [-0.05, 0) is 24.1 Å². The summed E-state index contributed by atoms with van der Waals surface area (Å²) in [4.78, 5) is 11.9. The van der Waals surface area contributed by atoms with Gasteiger partial charge in [0.15, 0.2) is 0 Å². The van der Waals surface area contributed by atoms with Crippen molar-refractivity contribution in [1.82, 2.24) is 0 Å². The molecule has 4 heteroatoms. The van der Waals surface area contributed by atoms with Gasteiger partial charge in [-0.25, -0.2) is 0 Å². The first kappa shape index (κ1) is 10.5. The van der Waals surface area contributed by atoms with E-state index in [0.717, 1.165) is 15.4 Å². The Morgan fingerprint density at radius 3 is 2.31 bits per heavy atom. The van der Waals surface area contributed by atoms with Gasteiger partial charge in [0.1, 0.15) is 0 Å². The molecule has 13 heavy (non-hydrogen) atoms. The van der Waals surface area contributed by atoms with Gasteiger partial charge in [-0.2, -0.15) is 0 Å². The quantitative estimate of drug-likeness (QED) is 0.675. The van der Waals surface area contributed by atoms with Crippen LogP contribution in [0.15, 0.2) is 28.0 Å². The van der Waals surface area contributed by atoms with E-state index >= 15 is 0 Å². The molecule has 1 N–H and O–H groups in total. The number of benzene rings is 1. The van der Waals surface area contributed by atoms with Crippen LogP contribution in [0.4, 0.5) is 0 Å². The summed E-state index contributed by atoms with van der Waals surface area (Å²) < 4.78 is 0. The predicted octanol–water partition coefficient (Wildman–Crippen LogP) is 2.28.